The second-order valence-electron chi connectivity index (χ2n) is 5.40. The minimum atomic E-state index is 0.574. The summed E-state index contributed by atoms with van der Waals surface area (Å²) in [6.45, 7) is 3.01. The summed E-state index contributed by atoms with van der Waals surface area (Å²) in [7, 11) is 0. The van der Waals surface area contributed by atoms with Crippen molar-refractivity contribution >= 4 is 22.5 Å². The minimum Gasteiger partial charge on any atom is -0.346 e. The van der Waals surface area contributed by atoms with Crippen LogP contribution in [0.2, 0.25) is 0 Å². The number of benzene rings is 1. The van der Waals surface area contributed by atoms with Gasteiger partial charge in [0.15, 0.2) is 0 Å². The lowest BCUT2D eigenvalue weighted by Gasteiger charge is -2.05. The number of nitrogens with zero attached hydrogens (tertiary/aromatic N) is 4. The molecule has 0 aliphatic heterocycles. The first-order valence-electron chi connectivity index (χ1n) is 7.84. The highest BCUT2D eigenvalue weighted by Gasteiger charge is 2.11. The summed E-state index contributed by atoms with van der Waals surface area (Å²) in [6.07, 6.45) is 7.60. The number of fused-ring (bicyclic) bond motifs is 1. The van der Waals surface area contributed by atoms with Crippen LogP contribution in [-0.2, 0) is 6.54 Å². The Morgan fingerprint density at radius 3 is 2.83 bits per heavy atom. The standard InChI is InChI=1S/C19H16N5/c1-2-24-13-16(15-8-10-20-12-18(15)24)17-9-11-21-19(23-17)22-14-6-4-3-5-7-14/h4-13H,2H2,1H3,(H,21,22,23). The highest BCUT2D eigenvalue weighted by molar-refractivity contribution is 5.94. The summed E-state index contributed by atoms with van der Waals surface area (Å²) in [5, 5.41) is 4.37. The molecule has 0 fully saturated rings. The van der Waals surface area contributed by atoms with Crippen LogP contribution in [0.15, 0.2) is 61.2 Å². The molecule has 5 nitrogen and oxygen atoms in total. The van der Waals surface area contributed by atoms with E-state index in [1.165, 1.54) is 0 Å². The number of nitrogens with one attached hydrogen (secondary N) is 1. The third-order valence-electron chi connectivity index (χ3n) is 3.93. The molecule has 117 valence electrons. The van der Waals surface area contributed by atoms with E-state index in [4.69, 9.17) is 0 Å². The average Bonchev–Trinajstić information content (AvgIpc) is 3.02. The Hall–Kier alpha value is -3.21. The van der Waals surface area contributed by atoms with Gasteiger partial charge < -0.3 is 9.88 Å². The maximum Gasteiger partial charge on any atom is 0.227 e. The van der Waals surface area contributed by atoms with Crippen LogP contribution in [0.5, 0.6) is 0 Å². The van der Waals surface area contributed by atoms with Gasteiger partial charge >= 0.3 is 0 Å². The predicted molar refractivity (Wildman–Crippen MR) is 95.0 cm³/mol. The van der Waals surface area contributed by atoms with Crippen LogP contribution in [0.4, 0.5) is 11.6 Å². The lowest BCUT2D eigenvalue weighted by atomic mass is 10.1. The Morgan fingerprint density at radius 2 is 2.00 bits per heavy atom. The fourth-order valence-corrected chi connectivity index (χ4v) is 2.77. The minimum absolute atomic E-state index is 0.574. The third kappa shape index (κ3) is 2.60. The monoisotopic (exact) mass is 314 g/mol. The maximum atomic E-state index is 4.67. The van der Waals surface area contributed by atoms with E-state index in [0.717, 1.165) is 34.4 Å². The molecular formula is C19H16N5. The summed E-state index contributed by atoms with van der Waals surface area (Å²) in [6, 6.07) is 14.5. The zero-order valence-corrected chi connectivity index (χ0v) is 13.3. The molecule has 1 aromatic carbocycles. The molecule has 3 aromatic heterocycles. The smallest absolute Gasteiger partial charge is 0.227 e. The van der Waals surface area contributed by atoms with Crippen LogP contribution in [-0.4, -0.2) is 19.5 Å². The Labute approximate surface area is 140 Å². The summed E-state index contributed by atoms with van der Waals surface area (Å²) in [4.78, 5) is 13.2. The number of hydrogen-bond donors (Lipinski definition) is 1. The molecule has 0 saturated heterocycles. The number of anilines is 2. The van der Waals surface area contributed by atoms with E-state index in [9.17, 15) is 0 Å². The van der Waals surface area contributed by atoms with Crippen molar-refractivity contribution in [2.45, 2.75) is 13.5 Å². The lowest BCUT2D eigenvalue weighted by Crippen LogP contribution is -1.97. The normalized spacial score (nSPS) is 10.9. The molecular weight excluding hydrogens is 298 g/mol. The molecule has 1 N–H and O–H groups in total. The fourth-order valence-electron chi connectivity index (χ4n) is 2.77. The van der Waals surface area contributed by atoms with Crippen LogP contribution in [0.1, 0.15) is 6.92 Å². The zero-order chi connectivity index (χ0) is 16.4. The molecule has 3 heterocycles. The molecule has 24 heavy (non-hydrogen) atoms. The van der Waals surface area contributed by atoms with Crippen LogP contribution in [0.25, 0.3) is 22.2 Å². The van der Waals surface area contributed by atoms with Crippen molar-refractivity contribution in [1.29, 1.82) is 0 Å². The molecule has 0 spiro atoms. The molecule has 0 saturated carbocycles. The van der Waals surface area contributed by atoms with Crippen molar-refractivity contribution < 1.29 is 0 Å². The lowest BCUT2D eigenvalue weighted by molar-refractivity contribution is 0.796. The highest BCUT2D eigenvalue weighted by atomic mass is 15.1. The van der Waals surface area contributed by atoms with Gasteiger partial charge in [-0.25, -0.2) is 9.97 Å². The van der Waals surface area contributed by atoms with Gasteiger partial charge in [0.2, 0.25) is 5.95 Å². The molecule has 5 heteroatoms. The first-order chi connectivity index (χ1) is 11.8. The summed E-state index contributed by atoms with van der Waals surface area (Å²) >= 11 is 0. The van der Waals surface area contributed by atoms with E-state index in [-0.39, 0.29) is 0 Å². The van der Waals surface area contributed by atoms with Gasteiger partial charge in [0.1, 0.15) is 0 Å². The van der Waals surface area contributed by atoms with Crippen LogP contribution < -0.4 is 5.32 Å². The van der Waals surface area contributed by atoms with E-state index < -0.39 is 0 Å². The molecule has 0 amide bonds. The van der Waals surface area contributed by atoms with E-state index >= 15 is 0 Å². The first kappa shape index (κ1) is 14.4. The average molecular weight is 314 g/mol. The van der Waals surface area contributed by atoms with Crippen LogP contribution in [0, 0.1) is 6.07 Å². The van der Waals surface area contributed by atoms with Gasteiger partial charge in [0, 0.05) is 41.8 Å². The van der Waals surface area contributed by atoms with Gasteiger partial charge in [-0.05, 0) is 37.3 Å². The largest absolute Gasteiger partial charge is 0.346 e. The predicted octanol–water partition coefficient (Wildman–Crippen LogP) is 4.06. The molecule has 4 rings (SSSR count). The van der Waals surface area contributed by atoms with Gasteiger partial charge in [-0.3, -0.25) is 4.98 Å². The molecule has 4 aromatic rings. The molecule has 0 bridgehead atoms. The Morgan fingerprint density at radius 1 is 1.12 bits per heavy atom. The van der Waals surface area contributed by atoms with Gasteiger partial charge in [0.25, 0.3) is 0 Å². The first-order valence-corrected chi connectivity index (χ1v) is 7.84. The van der Waals surface area contributed by atoms with Crippen molar-refractivity contribution in [3.63, 3.8) is 0 Å². The van der Waals surface area contributed by atoms with Crippen molar-refractivity contribution in [1.82, 2.24) is 19.5 Å². The molecule has 1 radical (unpaired) electrons. The maximum absolute atomic E-state index is 4.67. The Balaban J connectivity index is 1.76. The SMILES string of the molecule is CCn1cc(-c2ccnc(Nc3cc[c]cc3)n2)c2ccncc21. The van der Waals surface area contributed by atoms with E-state index in [1.807, 2.05) is 48.8 Å². The van der Waals surface area contributed by atoms with Crippen molar-refractivity contribution in [3.8, 4) is 11.3 Å². The fraction of sp³-hybridized carbons (Fsp3) is 0.105. The number of aryl methyl sites for hydroxylation is 1. The van der Waals surface area contributed by atoms with Gasteiger partial charge in [0.05, 0.1) is 17.4 Å². The topological polar surface area (TPSA) is 55.6 Å². The van der Waals surface area contributed by atoms with E-state index in [1.54, 1.807) is 6.20 Å². The van der Waals surface area contributed by atoms with Crippen LogP contribution in [0.3, 0.4) is 0 Å². The summed E-state index contributed by atoms with van der Waals surface area (Å²) in [5.74, 6) is 0.574. The van der Waals surface area contributed by atoms with Gasteiger partial charge in [-0.1, -0.05) is 12.1 Å². The van der Waals surface area contributed by atoms with Crippen molar-refractivity contribution in [3.05, 3.63) is 67.3 Å². The summed E-state index contributed by atoms with van der Waals surface area (Å²) < 4.78 is 2.18. The number of hydrogen-bond acceptors (Lipinski definition) is 4. The van der Waals surface area contributed by atoms with E-state index in [0.29, 0.717) is 5.95 Å². The van der Waals surface area contributed by atoms with Gasteiger partial charge in [-0.15, -0.1) is 0 Å². The molecule has 0 unspecified atom stereocenters. The molecule has 0 atom stereocenters. The third-order valence-corrected chi connectivity index (χ3v) is 3.93. The second-order valence-corrected chi connectivity index (χ2v) is 5.40. The Bertz CT molecular complexity index is 975. The second kappa shape index (κ2) is 6.12. The number of pyridine rings is 1. The Kier molecular flexibility index (Phi) is 3.67. The van der Waals surface area contributed by atoms with Gasteiger partial charge in [-0.2, -0.15) is 0 Å². The number of rotatable bonds is 4. The zero-order valence-electron chi connectivity index (χ0n) is 13.3. The van der Waals surface area contributed by atoms with Crippen LogP contribution >= 0.6 is 0 Å². The van der Waals surface area contributed by atoms with E-state index in [2.05, 4.69) is 44.0 Å². The van der Waals surface area contributed by atoms with Crippen molar-refractivity contribution in [2.75, 3.05) is 5.32 Å². The summed E-state index contributed by atoms with van der Waals surface area (Å²) in [5.41, 5.74) is 4.02. The van der Waals surface area contributed by atoms with Crippen molar-refractivity contribution in [2.24, 2.45) is 0 Å². The molecule has 0 aliphatic carbocycles. The quantitative estimate of drug-likeness (QED) is 0.617. The molecule has 0 aliphatic rings. The highest BCUT2D eigenvalue weighted by Crippen LogP contribution is 2.29. The number of aromatic nitrogens is 4.